The van der Waals surface area contributed by atoms with Crippen LogP contribution in [0.25, 0.3) is 0 Å². The quantitative estimate of drug-likeness (QED) is 0.0580. The Morgan fingerprint density at radius 2 is 1.11 bits per heavy atom. The topological polar surface area (TPSA) is 0 Å². The fraction of sp³-hybridized carbons (Fsp3) is 1.00. The Hall–Kier alpha value is 6.05. The van der Waals surface area contributed by atoms with Gasteiger partial charge in [0.15, 0.2) is 0 Å². The van der Waals surface area contributed by atoms with Crippen molar-refractivity contribution in [2.75, 3.05) is 104 Å². The van der Waals surface area contributed by atoms with Crippen molar-refractivity contribution >= 4 is 182 Å². The zero-order valence-electron chi connectivity index (χ0n) is 21.3. The zero-order chi connectivity index (χ0) is 27.0. The summed E-state index contributed by atoms with van der Waals surface area (Å²) in [7, 11) is 9.78. The van der Waals surface area contributed by atoms with E-state index in [1.165, 1.54) is 63.3 Å². The first kappa shape index (κ1) is 41.1. The van der Waals surface area contributed by atoms with E-state index < -0.39 is 12.8 Å². The summed E-state index contributed by atoms with van der Waals surface area (Å²) in [4.78, 5) is 0. The third kappa shape index (κ3) is 22.3. The first-order valence-electron chi connectivity index (χ1n) is 12.3. The van der Waals surface area contributed by atoms with Crippen LogP contribution in [0.1, 0.15) is 0 Å². The van der Waals surface area contributed by atoms with Gasteiger partial charge in [0.05, 0.1) is 0 Å². The van der Waals surface area contributed by atoms with Gasteiger partial charge in [-0.3, -0.25) is 0 Å². The van der Waals surface area contributed by atoms with Crippen LogP contribution in [0.5, 0.6) is 0 Å². The van der Waals surface area contributed by atoms with Crippen molar-refractivity contribution in [3.63, 3.8) is 0 Å². The summed E-state index contributed by atoms with van der Waals surface area (Å²) < 4.78 is 0. The Morgan fingerprint density at radius 1 is 0.622 bits per heavy atom. The predicted molar refractivity (Wildman–Crippen MR) is 226 cm³/mol. The van der Waals surface area contributed by atoms with E-state index in [-0.39, 0.29) is 0 Å². The standard InChI is InChI=1S/3C7H16S5.Sn/c3*8-1-3-11-6-7(5-10)12-4-2-9;/h3*7-10H,1-6H2;/q;;;+4/p-4. The molecular weight excluding hydrogens is 852 g/mol. The fourth-order valence-electron chi connectivity index (χ4n) is 2.90. The Labute approximate surface area is 296 Å². The maximum absolute atomic E-state index is 4.36. The van der Waals surface area contributed by atoms with Crippen LogP contribution in [0, 0.1) is 0 Å². The summed E-state index contributed by atoms with van der Waals surface area (Å²) in [6.07, 6.45) is 0. The van der Waals surface area contributed by atoms with Crippen LogP contribution in [-0.2, 0) is 0 Å². The molecule has 0 N–H and O–H groups in total. The van der Waals surface area contributed by atoms with Crippen molar-refractivity contribution in [1.82, 2.24) is 0 Å². The Balaban J connectivity index is 0.000000482. The molecule has 0 radical (unpaired) electrons. The first-order valence-corrected chi connectivity index (χ1v) is 40.0. The van der Waals surface area contributed by atoms with Crippen LogP contribution in [-0.4, -0.2) is 132 Å². The molecule has 0 amide bonds. The Morgan fingerprint density at radius 3 is 1.57 bits per heavy atom. The van der Waals surface area contributed by atoms with Crippen LogP contribution in [0.4, 0.5) is 0 Å². The van der Waals surface area contributed by atoms with Gasteiger partial charge in [-0.05, 0) is 11.5 Å². The van der Waals surface area contributed by atoms with E-state index in [4.69, 9.17) is 0 Å². The van der Waals surface area contributed by atoms with Crippen LogP contribution in [0.15, 0.2) is 0 Å². The van der Waals surface area contributed by atoms with Crippen LogP contribution >= 0.6 is 169 Å². The summed E-state index contributed by atoms with van der Waals surface area (Å²) in [5, 5.41) is 2.42. The summed E-state index contributed by atoms with van der Waals surface area (Å²) in [5.41, 5.74) is 0. The van der Waals surface area contributed by atoms with Crippen LogP contribution in [0.2, 0.25) is 0 Å². The molecule has 2 saturated heterocycles. The third-order valence-electron chi connectivity index (χ3n) is 4.59. The van der Waals surface area contributed by atoms with Crippen LogP contribution < -0.4 is 0 Å². The number of rotatable bonds is 16. The fourth-order valence-corrected chi connectivity index (χ4v) is 65.4. The van der Waals surface area contributed by atoms with E-state index in [2.05, 4.69) is 146 Å². The second-order valence-corrected chi connectivity index (χ2v) is 59.6. The van der Waals surface area contributed by atoms with Gasteiger partial charge in [0, 0.05) is 28.3 Å². The second kappa shape index (κ2) is 29.5. The summed E-state index contributed by atoms with van der Waals surface area (Å²) in [6, 6.07) is 0. The van der Waals surface area contributed by atoms with Gasteiger partial charge in [-0.25, -0.2) is 0 Å². The normalized spacial score (nSPS) is 25.9. The summed E-state index contributed by atoms with van der Waals surface area (Å²) in [6.45, 7) is 0. The molecule has 3 atom stereocenters. The summed E-state index contributed by atoms with van der Waals surface area (Å²) >= 11 is 31.8. The maximum atomic E-state index is 4.36. The first-order chi connectivity index (χ1) is 18.1. The van der Waals surface area contributed by atoms with E-state index in [0.717, 1.165) is 50.8 Å². The average molecular weight is 896 g/mol. The van der Waals surface area contributed by atoms with Gasteiger partial charge in [-0.15, -0.1) is 0 Å². The number of hydrogen-bond acceptors (Lipinski definition) is 15. The molecule has 0 saturated carbocycles. The molecule has 1 spiro atoms. The van der Waals surface area contributed by atoms with Crippen molar-refractivity contribution in [2.45, 2.75) is 15.7 Å². The number of hydrogen-bond donors (Lipinski definition) is 5. The van der Waals surface area contributed by atoms with Crippen molar-refractivity contribution in [2.24, 2.45) is 0 Å². The number of thioether (sulfide) groups is 6. The molecule has 2 aliphatic heterocycles. The van der Waals surface area contributed by atoms with Gasteiger partial charge < -0.3 is 0 Å². The van der Waals surface area contributed by atoms with E-state index in [1.807, 2.05) is 23.5 Å². The molecule has 0 aromatic rings. The molecule has 2 rings (SSSR count). The minimum atomic E-state index is -2.18. The zero-order valence-corrected chi connectivity index (χ0v) is 36.8. The minimum absolute atomic E-state index is 0.686. The summed E-state index contributed by atoms with van der Waals surface area (Å²) in [5.74, 6) is 21.8. The molecule has 2 fully saturated rings. The average Bonchev–Trinajstić information content (AvgIpc) is 2.89. The Bertz CT molecular complexity index is 475. The third-order valence-corrected chi connectivity index (χ3v) is 66.4. The Kier molecular flexibility index (Phi) is 32.7. The molecule has 222 valence electrons. The SMILES string of the molecule is SCCSCC(CS)SCCS.SCCSCC1C[S][Sn]2([S]CCS1)[S]CCSC(CSCCS)C[S]2. The van der Waals surface area contributed by atoms with Gasteiger partial charge in [-0.1, -0.05) is 0 Å². The molecule has 2 aliphatic rings. The van der Waals surface area contributed by atoms with Crippen molar-refractivity contribution in [1.29, 1.82) is 0 Å². The van der Waals surface area contributed by atoms with Gasteiger partial charge in [0.2, 0.25) is 0 Å². The van der Waals surface area contributed by atoms with E-state index in [9.17, 15) is 0 Å². The molecule has 0 nitrogen and oxygen atoms in total. The molecule has 3 unspecified atom stereocenters. The molecule has 0 bridgehead atoms. The molecule has 0 aliphatic carbocycles. The molecule has 16 heteroatoms. The van der Waals surface area contributed by atoms with Crippen LogP contribution in [0.3, 0.4) is 0 Å². The van der Waals surface area contributed by atoms with E-state index >= 15 is 0 Å². The monoisotopic (exact) mass is 896 g/mol. The van der Waals surface area contributed by atoms with Gasteiger partial charge in [0.1, 0.15) is 0 Å². The number of thiol groups is 5. The molecule has 0 aromatic carbocycles. The van der Waals surface area contributed by atoms with Crippen molar-refractivity contribution in [3.8, 4) is 0 Å². The van der Waals surface area contributed by atoms with Gasteiger partial charge in [0.25, 0.3) is 0 Å². The van der Waals surface area contributed by atoms with Gasteiger partial charge >= 0.3 is 200 Å². The van der Waals surface area contributed by atoms with E-state index in [0.29, 0.717) is 5.25 Å². The van der Waals surface area contributed by atoms with Crippen molar-refractivity contribution < 1.29 is 0 Å². The second-order valence-electron chi connectivity index (χ2n) is 7.60. The molecule has 2 heterocycles. The molecule has 37 heavy (non-hydrogen) atoms. The van der Waals surface area contributed by atoms with Gasteiger partial charge in [-0.2, -0.15) is 61.4 Å². The molecule has 0 aromatic heterocycles. The predicted octanol–water partition coefficient (Wildman–Crippen LogP) is 8.52. The molecular formula is C21H44S15Sn. The van der Waals surface area contributed by atoms with E-state index in [1.54, 1.807) is 0 Å². The van der Waals surface area contributed by atoms with Crippen molar-refractivity contribution in [3.05, 3.63) is 0 Å².